The largest absolute Gasteiger partial charge is 0.309 e. The Morgan fingerprint density at radius 3 is 2.88 bits per heavy atom. The van der Waals surface area contributed by atoms with Gasteiger partial charge in [-0.25, -0.2) is 0 Å². The lowest BCUT2D eigenvalue weighted by atomic mass is 9.97. The Kier molecular flexibility index (Phi) is 3.47. The van der Waals surface area contributed by atoms with E-state index in [-0.39, 0.29) is 5.92 Å². The molecule has 1 aromatic carbocycles. The van der Waals surface area contributed by atoms with E-state index < -0.39 is 0 Å². The normalized spacial score (nSPS) is 22.8. The number of benzene rings is 1. The van der Waals surface area contributed by atoms with Gasteiger partial charge in [-0.05, 0) is 25.6 Å². The summed E-state index contributed by atoms with van der Waals surface area (Å²) in [6.45, 7) is 1.91. The van der Waals surface area contributed by atoms with Gasteiger partial charge in [0.25, 0.3) is 0 Å². The van der Waals surface area contributed by atoms with Crippen molar-refractivity contribution in [1.82, 2.24) is 4.90 Å². The molecule has 0 aromatic heterocycles. The standard InChI is InChI=1S/C13H17N3/c1-16-8-7-13(14)11(10-16)9-15-12-5-3-2-4-6-12/h2-6,9,11,14H,7-8,10H2,1H3. The fourth-order valence-corrected chi connectivity index (χ4v) is 1.86. The Hall–Kier alpha value is -1.48. The molecule has 0 aliphatic carbocycles. The van der Waals surface area contributed by atoms with Gasteiger partial charge in [-0.3, -0.25) is 4.99 Å². The maximum Gasteiger partial charge on any atom is 0.0625 e. The number of hydrogen-bond donors (Lipinski definition) is 1. The van der Waals surface area contributed by atoms with Crippen LogP contribution >= 0.6 is 0 Å². The maximum absolute atomic E-state index is 7.88. The molecule has 16 heavy (non-hydrogen) atoms. The summed E-state index contributed by atoms with van der Waals surface area (Å²) >= 11 is 0. The molecule has 1 aliphatic rings. The smallest absolute Gasteiger partial charge is 0.0625 e. The highest BCUT2D eigenvalue weighted by Gasteiger charge is 2.20. The SMILES string of the molecule is CN1CCC(=N)C(C=Nc2ccccc2)C1. The second kappa shape index (κ2) is 5.03. The number of aliphatic imine (C=N–C) groups is 1. The highest BCUT2D eigenvalue weighted by Crippen LogP contribution is 2.13. The molecule has 3 nitrogen and oxygen atoms in total. The first-order valence-electron chi connectivity index (χ1n) is 5.61. The zero-order valence-corrected chi connectivity index (χ0v) is 9.56. The first-order chi connectivity index (χ1) is 7.75. The molecular formula is C13H17N3. The van der Waals surface area contributed by atoms with Crippen molar-refractivity contribution in [2.45, 2.75) is 6.42 Å². The van der Waals surface area contributed by atoms with Crippen molar-refractivity contribution in [2.24, 2.45) is 10.9 Å². The number of rotatable bonds is 2. The Balaban J connectivity index is 2.03. The Morgan fingerprint density at radius 1 is 1.38 bits per heavy atom. The van der Waals surface area contributed by atoms with Gasteiger partial charge in [0.1, 0.15) is 0 Å². The molecule has 1 atom stereocenters. The lowest BCUT2D eigenvalue weighted by molar-refractivity contribution is 0.317. The minimum Gasteiger partial charge on any atom is -0.309 e. The van der Waals surface area contributed by atoms with Crippen LogP contribution in [0.2, 0.25) is 0 Å². The van der Waals surface area contributed by atoms with Gasteiger partial charge >= 0.3 is 0 Å². The molecule has 1 aromatic rings. The molecule has 1 fully saturated rings. The summed E-state index contributed by atoms with van der Waals surface area (Å²) in [7, 11) is 2.09. The molecule has 1 saturated heterocycles. The average molecular weight is 215 g/mol. The van der Waals surface area contributed by atoms with E-state index in [9.17, 15) is 0 Å². The van der Waals surface area contributed by atoms with E-state index in [0.717, 1.165) is 30.9 Å². The van der Waals surface area contributed by atoms with Crippen molar-refractivity contribution in [1.29, 1.82) is 5.41 Å². The minimum absolute atomic E-state index is 0.180. The molecule has 0 amide bonds. The molecular weight excluding hydrogens is 198 g/mol. The quantitative estimate of drug-likeness (QED) is 0.756. The molecule has 0 saturated carbocycles. The molecule has 0 radical (unpaired) electrons. The van der Waals surface area contributed by atoms with Crippen molar-refractivity contribution in [2.75, 3.05) is 20.1 Å². The van der Waals surface area contributed by atoms with Gasteiger partial charge < -0.3 is 10.3 Å². The lowest BCUT2D eigenvalue weighted by Gasteiger charge is -2.27. The number of nitrogens with zero attached hydrogens (tertiary/aromatic N) is 2. The predicted molar refractivity (Wildman–Crippen MR) is 67.9 cm³/mol. The Morgan fingerprint density at radius 2 is 2.12 bits per heavy atom. The Labute approximate surface area is 96.3 Å². The third-order valence-corrected chi connectivity index (χ3v) is 2.88. The van der Waals surface area contributed by atoms with Crippen molar-refractivity contribution >= 4 is 17.6 Å². The van der Waals surface area contributed by atoms with Gasteiger partial charge in [-0.2, -0.15) is 0 Å². The van der Waals surface area contributed by atoms with Crippen LogP contribution in [0.4, 0.5) is 5.69 Å². The van der Waals surface area contributed by atoms with Gasteiger partial charge in [-0.15, -0.1) is 0 Å². The number of hydrogen-bond acceptors (Lipinski definition) is 3. The highest BCUT2D eigenvalue weighted by molar-refractivity contribution is 5.98. The summed E-state index contributed by atoms with van der Waals surface area (Å²) in [5.74, 6) is 0.180. The third-order valence-electron chi connectivity index (χ3n) is 2.88. The first kappa shape index (κ1) is 11.0. The maximum atomic E-state index is 7.88. The van der Waals surface area contributed by atoms with Crippen molar-refractivity contribution < 1.29 is 0 Å². The van der Waals surface area contributed by atoms with Crippen LogP contribution in [-0.2, 0) is 0 Å². The predicted octanol–water partition coefficient (Wildman–Crippen LogP) is 2.36. The van der Waals surface area contributed by atoms with E-state index in [1.807, 2.05) is 36.5 Å². The van der Waals surface area contributed by atoms with Crippen LogP contribution in [0.1, 0.15) is 6.42 Å². The molecule has 1 unspecified atom stereocenters. The van der Waals surface area contributed by atoms with E-state index in [1.165, 1.54) is 0 Å². The van der Waals surface area contributed by atoms with Crippen LogP contribution in [0.25, 0.3) is 0 Å². The van der Waals surface area contributed by atoms with Crippen LogP contribution in [0.15, 0.2) is 35.3 Å². The van der Waals surface area contributed by atoms with Crippen molar-refractivity contribution in [3.05, 3.63) is 30.3 Å². The Bertz CT molecular complexity index is 383. The summed E-state index contributed by atoms with van der Waals surface area (Å²) in [4.78, 5) is 6.67. The molecule has 84 valence electrons. The van der Waals surface area contributed by atoms with Gasteiger partial charge in [0, 0.05) is 30.9 Å². The molecule has 2 rings (SSSR count). The van der Waals surface area contributed by atoms with Crippen LogP contribution < -0.4 is 0 Å². The zero-order chi connectivity index (χ0) is 11.4. The molecule has 1 aliphatic heterocycles. The zero-order valence-electron chi connectivity index (χ0n) is 9.56. The van der Waals surface area contributed by atoms with Crippen LogP contribution in [0, 0.1) is 11.3 Å². The number of nitrogens with one attached hydrogen (secondary N) is 1. The van der Waals surface area contributed by atoms with E-state index in [2.05, 4.69) is 16.9 Å². The van der Waals surface area contributed by atoms with Gasteiger partial charge in [0.05, 0.1) is 5.69 Å². The van der Waals surface area contributed by atoms with Crippen molar-refractivity contribution in [3.8, 4) is 0 Å². The number of para-hydroxylation sites is 1. The molecule has 1 N–H and O–H groups in total. The summed E-state index contributed by atoms with van der Waals surface area (Å²) in [6.07, 6.45) is 2.77. The number of likely N-dealkylation sites (tertiary alicyclic amines) is 1. The van der Waals surface area contributed by atoms with Crippen LogP contribution in [-0.4, -0.2) is 37.0 Å². The lowest BCUT2D eigenvalue weighted by Crippen LogP contribution is -2.38. The van der Waals surface area contributed by atoms with E-state index >= 15 is 0 Å². The number of piperidine rings is 1. The average Bonchev–Trinajstić information content (AvgIpc) is 2.32. The van der Waals surface area contributed by atoms with Crippen LogP contribution in [0.5, 0.6) is 0 Å². The molecule has 1 heterocycles. The summed E-state index contributed by atoms with van der Waals surface area (Å²) in [5, 5.41) is 7.88. The summed E-state index contributed by atoms with van der Waals surface area (Å²) < 4.78 is 0. The fourth-order valence-electron chi connectivity index (χ4n) is 1.86. The van der Waals surface area contributed by atoms with Gasteiger partial charge in [-0.1, -0.05) is 18.2 Å². The van der Waals surface area contributed by atoms with Crippen molar-refractivity contribution in [3.63, 3.8) is 0 Å². The molecule has 3 heteroatoms. The fraction of sp³-hybridized carbons (Fsp3) is 0.385. The van der Waals surface area contributed by atoms with Gasteiger partial charge in [0.15, 0.2) is 0 Å². The minimum atomic E-state index is 0.180. The van der Waals surface area contributed by atoms with Gasteiger partial charge in [0.2, 0.25) is 0 Å². The first-order valence-corrected chi connectivity index (χ1v) is 5.61. The summed E-state index contributed by atoms with van der Waals surface area (Å²) in [6, 6.07) is 9.89. The molecule has 0 bridgehead atoms. The second-order valence-corrected chi connectivity index (χ2v) is 4.26. The van der Waals surface area contributed by atoms with Crippen LogP contribution in [0.3, 0.4) is 0 Å². The molecule has 0 spiro atoms. The summed E-state index contributed by atoms with van der Waals surface area (Å²) in [5.41, 5.74) is 1.77. The highest BCUT2D eigenvalue weighted by atomic mass is 15.1. The van der Waals surface area contributed by atoms with E-state index in [4.69, 9.17) is 5.41 Å². The topological polar surface area (TPSA) is 39.5 Å². The second-order valence-electron chi connectivity index (χ2n) is 4.26. The third kappa shape index (κ3) is 2.76. The van der Waals surface area contributed by atoms with E-state index in [0.29, 0.717) is 0 Å². The monoisotopic (exact) mass is 215 g/mol. The van der Waals surface area contributed by atoms with E-state index in [1.54, 1.807) is 0 Å².